The van der Waals surface area contributed by atoms with E-state index in [4.69, 9.17) is 18.9 Å². The fraction of sp³-hybridized carbons (Fsp3) is 0.172. The molecule has 2 aliphatic carbocycles. The number of allylic oxidation sites excluding steroid dienone is 8. The smallest absolute Gasteiger partial charge is 0.199 e. The predicted octanol–water partition coefficient (Wildman–Crippen LogP) is 10.8. The monoisotopic (exact) mass is 902 g/mol. The minimum absolute atomic E-state index is 0.0178. The number of anilines is 1. The van der Waals surface area contributed by atoms with Crippen molar-refractivity contribution in [2.45, 2.75) is 12.8 Å². The molecule has 10 nitrogen and oxygen atoms in total. The molecular formula is C58H52N3O7+. The Kier molecular flexibility index (Phi) is 12.8. The molecule has 3 aliphatic rings. The maximum atomic E-state index is 14.6. The van der Waals surface area contributed by atoms with E-state index in [1.807, 2.05) is 95.1 Å². The summed E-state index contributed by atoms with van der Waals surface area (Å²) >= 11 is 0. The van der Waals surface area contributed by atoms with Crippen LogP contribution >= 0.6 is 0 Å². The van der Waals surface area contributed by atoms with Gasteiger partial charge in [-0.2, -0.15) is 0 Å². The minimum atomic E-state index is -0.325. The van der Waals surface area contributed by atoms with Gasteiger partial charge < -0.3 is 28.8 Å². The molecule has 0 unspecified atom stereocenters. The van der Waals surface area contributed by atoms with E-state index in [9.17, 15) is 14.4 Å². The van der Waals surface area contributed by atoms with Crippen LogP contribution in [0.15, 0.2) is 162 Å². The van der Waals surface area contributed by atoms with Crippen LogP contribution in [0.1, 0.15) is 71.7 Å². The summed E-state index contributed by atoms with van der Waals surface area (Å²) in [5, 5.41) is 0.808. The number of hydrogen-bond donors (Lipinski definition) is 1. The Morgan fingerprint density at radius 2 is 1.37 bits per heavy atom. The van der Waals surface area contributed by atoms with Crippen LogP contribution < -0.4 is 14.4 Å². The number of fused-ring (bicyclic) bond motifs is 2. The molecule has 0 atom stereocenters. The number of carbonyl (C=O) groups excluding carboxylic acids is 3. The van der Waals surface area contributed by atoms with Crippen molar-refractivity contribution in [1.29, 1.82) is 0 Å². The zero-order valence-corrected chi connectivity index (χ0v) is 39.0. The zero-order valence-electron chi connectivity index (χ0n) is 39.0. The number of nitrogens with zero attached hydrogens (tertiary/aromatic N) is 2. The highest BCUT2D eigenvalue weighted by molar-refractivity contribution is 6.25. The first-order chi connectivity index (χ1) is 33.0. The number of aromatic nitrogens is 1. The molecule has 0 bridgehead atoms. The fourth-order valence-corrected chi connectivity index (χ4v) is 8.83. The third-order valence-corrected chi connectivity index (χ3v) is 12.4. The number of ketones is 3. The van der Waals surface area contributed by atoms with Gasteiger partial charge in [-0.05, 0) is 95.0 Å². The standard InChI is InChI=1S/C58H51N3O7/c1-60(2)44-21-16-39(17-22-44)55(40-18-23-45(24-19-40)61(3)4)38-14-12-36(13-15-38)28-37(29-43-32-52(63)47-33-53(65-5)54(66-6)34-48(47)56(43)64)30-51(62)42-20-25-50-46(31-42)49(35-59-50)58-57(67-26-27-68-58)41-10-8-7-9-11-41/h7-25,28,31-35H,26-27,29-30H2,1-6H3/p+1. The number of rotatable bonds is 13. The van der Waals surface area contributed by atoms with E-state index >= 15 is 0 Å². The lowest BCUT2D eigenvalue weighted by Crippen LogP contribution is -2.18. The highest BCUT2D eigenvalue weighted by Gasteiger charge is 2.29. The molecule has 0 spiro atoms. The summed E-state index contributed by atoms with van der Waals surface area (Å²) in [6.07, 6.45) is 13.8. The summed E-state index contributed by atoms with van der Waals surface area (Å²) < 4.78 is 25.4. The van der Waals surface area contributed by atoms with Crippen molar-refractivity contribution in [1.82, 2.24) is 4.98 Å². The predicted molar refractivity (Wildman–Crippen MR) is 270 cm³/mol. The molecular weight excluding hydrogens is 851 g/mol. The summed E-state index contributed by atoms with van der Waals surface area (Å²) in [6.45, 7) is 0.811. The molecule has 68 heavy (non-hydrogen) atoms. The summed E-state index contributed by atoms with van der Waals surface area (Å²) in [5.74, 6) is 1.14. The third kappa shape index (κ3) is 9.13. The van der Waals surface area contributed by atoms with Gasteiger partial charge in [-0.15, -0.1) is 0 Å². The quantitative estimate of drug-likeness (QED) is 0.0901. The Morgan fingerprint density at radius 3 is 2.01 bits per heavy atom. The van der Waals surface area contributed by atoms with E-state index < -0.39 is 0 Å². The van der Waals surface area contributed by atoms with Gasteiger partial charge in [0.25, 0.3) is 0 Å². The summed E-state index contributed by atoms with van der Waals surface area (Å²) in [7, 11) is 11.1. The Labute approximate surface area is 396 Å². The van der Waals surface area contributed by atoms with Crippen LogP contribution in [0.5, 0.6) is 11.5 Å². The van der Waals surface area contributed by atoms with Gasteiger partial charge in [-0.3, -0.25) is 14.4 Å². The van der Waals surface area contributed by atoms with Gasteiger partial charge in [0.15, 0.2) is 46.1 Å². The molecule has 6 aromatic rings. The van der Waals surface area contributed by atoms with Crippen molar-refractivity contribution in [2.75, 3.05) is 60.5 Å². The third-order valence-electron chi connectivity index (χ3n) is 12.4. The fourth-order valence-electron chi connectivity index (χ4n) is 8.83. The van der Waals surface area contributed by atoms with Crippen LogP contribution in [0, 0.1) is 0 Å². The average Bonchev–Trinajstić information content (AvgIpc) is 3.79. The SMILES string of the molecule is COc1cc2c(cc1OC)C(=O)C(CC(=Cc1ccc(C(=C3C=CC(=[N+](C)C)C=C3)c3ccc(N(C)C)cc3)cc1)CC(=O)c1ccc3[nH]cc(C4=C(c5ccccc5)OCCO4)c3c1)=CC2=O. The van der Waals surface area contributed by atoms with E-state index in [0.29, 0.717) is 47.4 Å². The van der Waals surface area contributed by atoms with Crippen molar-refractivity contribution < 1.29 is 37.9 Å². The zero-order chi connectivity index (χ0) is 47.5. The molecule has 340 valence electrons. The Morgan fingerprint density at radius 1 is 0.735 bits per heavy atom. The summed E-state index contributed by atoms with van der Waals surface area (Å²) in [6, 6.07) is 35.2. The number of Topliss-reactive ketones (excluding diaryl/α,β-unsaturated/α-hetero) is 2. The molecule has 1 N–H and O–H groups in total. The maximum Gasteiger partial charge on any atom is 0.199 e. The number of benzene rings is 5. The van der Waals surface area contributed by atoms with Gasteiger partial charge in [0.1, 0.15) is 27.3 Å². The Bertz CT molecular complexity index is 3190. The van der Waals surface area contributed by atoms with Gasteiger partial charge in [-0.25, -0.2) is 4.58 Å². The molecule has 9 rings (SSSR count). The number of nitrogens with one attached hydrogen (secondary N) is 1. The number of aromatic amines is 1. The largest absolute Gasteiger partial charge is 0.493 e. The van der Waals surface area contributed by atoms with Crippen LogP contribution in [-0.2, 0) is 9.47 Å². The highest BCUT2D eigenvalue weighted by Crippen LogP contribution is 2.38. The first kappa shape index (κ1) is 44.9. The van der Waals surface area contributed by atoms with Crippen molar-refractivity contribution in [3.8, 4) is 11.5 Å². The number of methoxy groups -OCH3 is 2. The van der Waals surface area contributed by atoms with Crippen molar-refractivity contribution in [3.05, 3.63) is 207 Å². The van der Waals surface area contributed by atoms with E-state index in [1.54, 1.807) is 12.1 Å². The Hall–Kier alpha value is -8.24. The van der Waals surface area contributed by atoms with Crippen molar-refractivity contribution in [2.24, 2.45) is 0 Å². The van der Waals surface area contributed by atoms with E-state index in [-0.39, 0.29) is 46.9 Å². The van der Waals surface area contributed by atoms with Gasteiger partial charge in [0.2, 0.25) is 0 Å². The second-order valence-electron chi connectivity index (χ2n) is 17.3. The lowest BCUT2D eigenvalue weighted by molar-refractivity contribution is -0.462. The highest BCUT2D eigenvalue weighted by atomic mass is 16.6. The molecule has 0 saturated carbocycles. The molecule has 0 amide bonds. The molecule has 10 heteroatoms. The second-order valence-corrected chi connectivity index (χ2v) is 17.3. The molecule has 2 heterocycles. The lowest BCUT2D eigenvalue weighted by atomic mass is 9.84. The molecule has 0 radical (unpaired) electrons. The molecule has 1 aromatic heterocycles. The van der Waals surface area contributed by atoms with E-state index in [2.05, 4.69) is 75.2 Å². The van der Waals surface area contributed by atoms with E-state index in [1.165, 1.54) is 26.4 Å². The van der Waals surface area contributed by atoms with Crippen LogP contribution in [0.4, 0.5) is 5.69 Å². The summed E-state index contributed by atoms with van der Waals surface area (Å²) in [4.78, 5) is 47.9. The Balaban J connectivity index is 1.09. The van der Waals surface area contributed by atoms with Crippen LogP contribution in [0.25, 0.3) is 34.1 Å². The van der Waals surface area contributed by atoms with E-state index in [0.717, 1.165) is 61.3 Å². The number of H-pyrrole nitrogens is 1. The first-order valence-electron chi connectivity index (χ1n) is 22.5. The van der Waals surface area contributed by atoms with Crippen LogP contribution in [-0.4, -0.2) is 88.2 Å². The molecule has 5 aromatic carbocycles. The minimum Gasteiger partial charge on any atom is -0.493 e. The summed E-state index contributed by atoms with van der Waals surface area (Å²) in [5.41, 5.74) is 11.7. The second kappa shape index (κ2) is 19.3. The van der Waals surface area contributed by atoms with Gasteiger partial charge in [0, 0.05) is 88.8 Å². The number of carbonyl (C=O) groups is 3. The first-order valence-corrected chi connectivity index (χ1v) is 22.5. The number of ether oxygens (including phenoxy) is 4. The topological polar surface area (TPSA) is 110 Å². The van der Waals surface area contributed by atoms with Crippen molar-refractivity contribution in [3.63, 3.8) is 0 Å². The molecule has 0 fully saturated rings. The van der Waals surface area contributed by atoms with Crippen molar-refractivity contribution >= 4 is 62.8 Å². The average molecular weight is 903 g/mol. The lowest BCUT2D eigenvalue weighted by Gasteiger charge is -2.22. The molecule has 1 aliphatic heterocycles. The van der Waals surface area contributed by atoms with Crippen LogP contribution in [0.3, 0.4) is 0 Å². The van der Waals surface area contributed by atoms with Gasteiger partial charge in [-0.1, -0.05) is 78.4 Å². The van der Waals surface area contributed by atoms with Gasteiger partial charge >= 0.3 is 0 Å². The van der Waals surface area contributed by atoms with Crippen LogP contribution in [0.2, 0.25) is 0 Å². The maximum absolute atomic E-state index is 14.6. The molecule has 0 saturated heterocycles. The normalized spacial score (nSPS) is 14.6. The number of hydrogen-bond acceptors (Lipinski definition) is 8. The van der Waals surface area contributed by atoms with Gasteiger partial charge in [0.05, 0.1) is 14.2 Å².